The van der Waals surface area contributed by atoms with E-state index in [4.69, 9.17) is 0 Å². The minimum Gasteiger partial charge on any atom is -0.285 e. The van der Waals surface area contributed by atoms with Crippen LogP contribution in [0, 0.1) is 0 Å². The second-order valence-corrected chi connectivity index (χ2v) is 3.45. The van der Waals surface area contributed by atoms with Gasteiger partial charge in [-0.3, -0.25) is 24.7 Å². The van der Waals surface area contributed by atoms with Crippen LogP contribution in [0.15, 0.2) is 46.4 Å². The summed E-state index contributed by atoms with van der Waals surface area (Å²) in [5, 5.41) is 0. The highest BCUT2D eigenvalue weighted by Gasteiger charge is 2.15. The van der Waals surface area contributed by atoms with Crippen molar-refractivity contribution in [3.8, 4) is 0 Å². The molecule has 0 spiro atoms. The molecule has 86 valence electrons. The van der Waals surface area contributed by atoms with Gasteiger partial charge in [0, 0.05) is 25.5 Å². The molecule has 0 saturated carbocycles. The Morgan fingerprint density at radius 2 is 2.35 bits per heavy atom. The highest BCUT2D eigenvalue weighted by molar-refractivity contribution is 6.02. The minimum atomic E-state index is -0.104. The van der Waals surface area contributed by atoms with Gasteiger partial charge in [-0.1, -0.05) is 0 Å². The van der Waals surface area contributed by atoms with E-state index in [0.29, 0.717) is 17.9 Å². The molecule has 0 unspecified atom stereocenters. The lowest BCUT2D eigenvalue weighted by atomic mass is 10.3. The van der Waals surface area contributed by atoms with Crippen molar-refractivity contribution >= 4 is 24.0 Å². The monoisotopic (exact) mass is 228 g/mol. The smallest absolute Gasteiger partial charge is 0.228 e. The maximum absolute atomic E-state index is 11.7. The van der Waals surface area contributed by atoms with Crippen LogP contribution in [0.1, 0.15) is 6.92 Å². The Bertz CT molecular complexity index is 490. The number of allylic oxidation sites excluding steroid dienone is 1. The lowest BCUT2D eigenvalue weighted by Crippen LogP contribution is -2.28. The number of aliphatic imine (C=N–C) groups is 2. The summed E-state index contributed by atoms with van der Waals surface area (Å²) in [7, 11) is 0. The third kappa shape index (κ3) is 2.63. The molecular weight excluding hydrogens is 216 g/mol. The van der Waals surface area contributed by atoms with Gasteiger partial charge >= 0.3 is 0 Å². The van der Waals surface area contributed by atoms with Crippen molar-refractivity contribution in [1.82, 2.24) is 4.98 Å². The van der Waals surface area contributed by atoms with Crippen LogP contribution in [0.3, 0.4) is 0 Å². The molecule has 0 aromatic carbocycles. The van der Waals surface area contributed by atoms with Crippen molar-refractivity contribution in [3.63, 3.8) is 0 Å². The Kier molecular flexibility index (Phi) is 3.40. The molecule has 1 aromatic rings. The molecule has 0 radical (unpaired) electrons. The highest BCUT2D eigenvalue weighted by Crippen LogP contribution is 2.17. The lowest BCUT2D eigenvalue weighted by molar-refractivity contribution is -0.116. The van der Waals surface area contributed by atoms with Gasteiger partial charge in [-0.25, -0.2) is 0 Å². The van der Waals surface area contributed by atoms with Crippen LogP contribution in [0.4, 0.5) is 5.69 Å². The van der Waals surface area contributed by atoms with Gasteiger partial charge in [0.25, 0.3) is 0 Å². The molecule has 0 atom stereocenters. The zero-order chi connectivity index (χ0) is 12.1. The molecule has 0 saturated heterocycles. The fourth-order valence-corrected chi connectivity index (χ4v) is 1.52. The van der Waals surface area contributed by atoms with E-state index < -0.39 is 0 Å². The van der Waals surface area contributed by atoms with Crippen LogP contribution in [0.2, 0.25) is 0 Å². The molecule has 1 aromatic heterocycles. The second-order valence-electron chi connectivity index (χ2n) is 3.45. The normalized spacial score (nSPS) is 14.1. The first-order valence-electron chi connectivity index (χ1n) is 5.21. The van der Waals surface area contributed by atoms with E-state index in [0.717, 1.165) is 0 Å². The van der Waals surface area contributed by atoms with Crippen LogP contribution in [0.25, 0.3) is 0 Å². The number of carbonyl (C=O) groups excluding carboxylic acids is 1. The van der Waals surface area contributed by atoms with Crippen molar-refractivity contribution in [3.05, 3.63) is 36.4 Å². The van der Waals surface area contributed by atoms with E-state index in [1.807, 2.05) is 6.07 Å². The number of anilines is 1. The number of nitrogens with zero attached hydrogens (tertiary/aromatic N) is 4. The summed E-state index contributed by atoms with van der Waals surface area (Å²) in [4.78, 5) is 25.4. The molecule has 5 nitrogen and oxygen atoms in total. The number of pyridine rings is 1. The zero-order valence-corrected chi connectivity index (χ0v) is 9.45. The van der Waals surface area contributed by atoms with Crippen molar-refractivity contribution in [2.24, 2.45) is 9.98 Å². The fraction of sp³-hybridized carbons (Fsp3) is 0.167. The molecule has 2 heterocycles. The van der Waals surface area contributed by atoms with Crippen LogP contribution in [0.5, 0.6) is 0 Å². The topological polar surface area (TPSA) is 57.9 Å². The van der Waals surface area contributed by atoms with Crippen LogP contribution in [-0.4, -0.2) is 29.9 Å². The molecule has 0 aliphatic carbocycles. The summed E-state index contributed by atoms with van der Waals surface area (Å²) in [6, 6.07) is 3.60. The Morgan fingerprint density at radius 1 is 1.47 bits per heavy atom. The fourth-order valence-electron chi connectivity index (χ4n) is 1.52. The lowest BCUT2D eigenvalue weighted by Gasteiger charge is -2.20. The summed E-state index contributed by atoms with van der Waals surface area (Å²) in [5.74, 6) is -0.104. The number of amides is 1. The maximum atomic E-state index is 11.7. The summed E-state index contributed by atoms with van der Waals surface area (Å²) < 4.78 is 0. The SMILES string of the molecule is CC(=O)N(C1=CN=CCN=C1)c1cccnc1. The molecule has 0 fully saturated rings. The van der Waals surface area contributed by atoms with Gasteiger partial charge in [0.1, 0.15) is 0 Å². The third-order valence-corrected chi connectivity index (χ3v) is 2.20. The molecule has 2 rings (SSSR count). The molecule has 5 heteroatoms. The Labute approximate surface area is 99.2 Å². The minimum absolute atomic E-state index is 0.104. The first-order chi connectivity index (χ1) is 8.29. The number of hydrogen-bond donors (Lipinski definition) is 0. The third-order valence-electron chi connectivity index (χ3n) is 2.20. The van der Waals surface area contributed by atoms with Crippen molar-refractivity contribution in [1.29, 1.82) is 0 Å². The number of hydrogen-bond acceptors (Lipinski definition) is 4. The predicted molar refractivity (Wildman–Crippen MR) is 67.3 cm³/mol. The standard InChI is InChI=1S/C12H12N4O/c1-10(17)16(11-3-2-4-13-7-11)12-8-14-5-6-15-9-12/h2-5,7-9H,6H2,1H3. The Hall–Kier alpha value is -2.30. The molecule has 0 N–H and O–H groups in total. The van der Waals surface area contributed by atoms with Crippen molar-refractivity contribution < 1.29 is 4.79 Å². The van der Waals surface area contributed by atoms with Gasteiger partial charge in [-0.05, 0) is 12.1 Å². The summed E-state index contributed by atoms with van der Waals surface area (Å²) in [6.45, 7) is 2.02. The molecule has 17 heavy (non-hydrogen) atoms. The van der Waals surface area contributed by atoms with Gasteiger partial charge in [-0.2, -0.15) is 0 Å². The van der Waals surface area contributed by atoms with Gasteiger partial charge < -0.3 is 0 Å². The molecule has 1 aliphatic heterocycles. The van der Waals surface area contributed by atoms with E-state index in [1.165, 1.54) is 11.8 Å². The van der Waals surface area contributed by atoms with Crippen LogP contribution in [-0.2, 0) is 4.79 Å². The molecule has 1 amide bonds. The van der Waals surface area contributed by atoms with E-state index in [-0.39, 0.29) is 5.91 Å². The highest BCUT2D eigenvalue weighted by atomic mass is 16.2. The van der Waals surface area contributed by atoms with E-state index in [9.17, 15) is 4.79 Å². The molecular formula is C12H12N4O. The average molecular weight is 228 g/mol. The van der Waals surface area contributed by atoms with Gasteiger partial charge in [0.15, 0.2) is 0 Å². The first-order valence-corrected chi connectivity index (χ1v) is 5.21. The Morgan fingerprint density at radius 3 is 3.06 bits per heavy atom. The number of rotatable bonds is 2. The average Bonchev–Trinajstić information content (AvgIpc) is 2.59. The maximum Gasteiger partial charge on any atom is 0.228 e. The van der Waals surface area contributed by atoms with Gasteiger partial charge in [0.05, 0.1) is 30.3 Å². The quantitative estimate of drug-likeness (QED) is 0.768. The van der Waals surface area contributed by atoms with Crippen LogP contribution >= 0.6 is 0 Å². The summed E-state index contributed by atoms with van der Waals surface area (Å²) >= 11 is 0. The number of carbonyl (C=O) groups is 1. The second kappa shape index (κ2) is 5.16. The summed E-state index contributed by atoms with van der Waals surface area (Å²) in [5.41, 5.74) is 1.34. The van der Waals surface area contributed by atoms with E-state index in [2.05, 4.69) is 15.0 Å². The van der Waals surface area contributed by atoms with Gasteiger partial charge in [0.2, 0.25) is 5.91 Å². The van der Waals surface area contributed by atoms with Crippen molar-refractivity contribution in [2.45, 2.75) is 6.92 Å². The first kappa shape index (κ1) is 11.2. The van der Waals surface area contributed by atoms with E-state index >= 15 is 0 Å². The number of aromatic nitrogens is 1. The van der Waals surface area contributed by atoms with Gasteiger partial charge in [-0.15, -0.1) is 0 Å². The van der Waals surface area contributed by atoms with Crippen LogP contribution < -0.4 is 4.90 Å². The van der Waals surface area contributed by atoms with Crippen molar-refractivity contribution in [2.75, 3.05) is 11.4 Å². The van der Waals surface area contributed by atoms with E-state index in [1.54, 1.807) is 37.1 Å². The summed E-state index contributed by atoms with van der Waals surface area (Å²) in [6.07, 6.45) is 8.23. The predicted octanol–water partition coefficient (Wildman–Crippen LogP) is 1.43. The molecule has 0 bridgehead atoms. The Balaban J connectivity index is 2.39. The largest absolute Gasteiger partial charge is 0.285 e. The molecule has 1 aliphatic rings. The zero-order valence-electron chi connectivity index (χ0n) is 9.45.